The minimum absolute atomic E-state index is 0.604. The van der Waals surface area contributed by atoms with Crippen molar-refractivity contribution in [3.8, 4) is 62.7 Å². The largest absolute Gasteiger partial charge is 0.493 e. The molecule has 0 N–H and O–H groups in total. The topological polar surface area (TPSA) is 71.9 Å². The minimum atomic E-state index is 0.604. The second-order valence-electron chi connectivity index (χ2n) is 12.2. The van der Waals surface area contributed by atoms with Crippen molar-refractivity contribution in [2.75, 3.05) is 35.0 Å². The Morgan fingerprint density at radius 2 is 1.00 bits per heavy atom. The zero-order valence-corrected chi connectivity index (χ0v) is 30.8. The summed E-state index contributed by atoms with van der Waals surface area (Å²) in [4.78, 5) is 10.2. The predicted octanol–water partition coefficient (Wildman–Crippen LogP) is 11.0. The van der Waals surface area contributed by atoms with Crippen LogP contribution in [0.3, 0.4) is 0 Å². The van der Waals surface area contributed by atoms with E-state index < -0.39 is 0 Å². The van der Waals surface area contributed by atoms with Crippen molar-refractivity contribution >= 4 is 24.3 Å². The van der Waals surface area contributed by atoms with Crippen molar-refractivity contribution in [2.45, 2.75) is 19.8 Å². The molecule has 0 saturated heterocycles. The van der Waals surface area contributed by atoms with Crippen LogP contribution >= 0.6 is 0 Å². The van der Waals surface area contributed by atoms with Gasteiger partial charge < -0.3 is 23.7 Å². The summed E-state index contributed by atoms with van der Waals surface area (Å²) >= 11 is 0. The van der Waals surface area contributed by atoms with Crippen molar-refractivity contribution in [3.05, 3.63) is 138 Å². The first-order valence-electron chi connectivity index (χ1n) is 17.7. The molecule has 7 heteroatoms. The third-order valence-electron chi connectivity index (χ3n) is 8.80. The number of rotatable bonds is 15. The molecule has 0 saturated carbocycles. The van der Waals surface area contributed by atoms with E-state index in [4.69, 9.17) is 33.7 Å². The zero-order valence-electron chi connectivity index (χ0n) is 30.8. The van der Waals surface area contributed by atoms with E-state index in [-0.39, 0.29) is 0 Å². The van der Waals surface area contributed by atoms with Crippen LogP contribution in [0, 0.1) is 0 Å². The van der Waals surface area contributed by atoms with Gasteiger partial charge in [0.05, 0.1) is 52.0 Å². The van der Waals surface area contributed by atoms with Crippen LogP contribution in [0.2, 0.25) is 0 Å². The number of para-hydroxylation sites is 3. The molecule has 0 amide bonds. The van der Waals surface area contributed by atoms with Crippen molar-refractivity contribution < 1.29 is 23.7 Å². The summed E-state index contributed by atoms with van der Waals surface area (Å²) in [6.07, 6.45) is 10.2. The molecule has 6 aromatic rings. The second-order valence-corrected chi connectivity index (χ2v) is 12.2. The van der Waals surface area contributed by atoms with Gasteiger partial charge in [0.2, 0.25) is 0 Å². The Morgan fingerprint density at radius 3 is 1.47 bits per heavy atom. The monoisotopic (exact) mass is 704 g/mol. The van der Waals surface area contributed by atoms with Crippen LogP contribution in [-0.2, 0) is 0 Å². The van der Waals surface area contributed by atoms with Gasteiger partial charge in [-0.25, -0.2) is 9.97 Å². The lowest BCUT2D eigenvalue weighted by Crippen LogP contribution is -2.01. The number of hydrogen-bond donors (Lipinski definition) is 0. The van der Waals surface area contributed by atoms with Crippen LogP contribution in [0.15, 0.2) is 115 Å². The van der Waals surface area contributed by atoms with E-state index in [1.54, 1.807) is 28.4 Å². The van der Waals surface area contributed by atoms with Crippen LogP contribution in [-0.4, -0.2) is 45.0 Å². The highest BCUT2D eigenvalue weighted by molar-refractivity contribution is 5.79. The van der Waals surface area contributed by atoms with Crippen LogP contribution in [0.5, 0.6) is 28.7 Å². The first kappa shape index (κ1) is 36.5. The summed E-state index contributed by atoms with van der Waals surface area (Å²) in [5.74, 6) is 4.15. The Hall–Kier alpha value is -6.34. The van der Waals surface area contributed by atoms with E-state index in [1.165, 1.54) is 0 Å². The van der Waals surface area contributed by atoms with Gasteiger partial charge in [-0.05, 0) is 47.9 Å². The third-order valence-corrected chi connectivity index (χ3v) is 8.80. The van der Waals surface area contributed by atoms with Crippen molar-refractivity contribution in [2.24, 2.45) is 0 Å². The van der Waals surface area contributed by atoms with Crippen molar-refractivity contribution in [3.63, 3.8) is 0 Å². The molecule has 0 atom stereocenters. The highest BCUT2D eigenvalue weighted by Gasteiger charge is 2.15. The summed E-state index contributed by atoms with van der Waals surface area (Å²) in [5.41, 5.74) is 8.37. The van der Waals surface area contributed by atoms with Crippen LogP contribution in [0.25, 0.3) is 58.2 Å². The first-order valence-corrected chi connectivity index (χ1v) is 17.7. The fraction of sp³-hybridized carbons (Fsp3) is 0.174. The molecular formula is C46H44N2O5. The molecule has 0 unspecified atom stereocenters. The fourth-order valence-electron chi connectivity index (χ4n) is 5.96. The Bertz CT molecular complexity index is 2060. The van der Waals surface area contributed by atoms with E-state index >= 15 is 0 Å². The molecule has 268 valence electrons. The van der Waals surface area contributed by atoms with Crippen LogP contribution in [0.1, 0.15) is 42.0 Å². The van der Waals surface area contributed by atoms with Crippen LogP contribution in [0.4, 0.5) is 0 Å². The van der Waals surface area contributed by atoms with Gasteiger partial charge in [0.1, 0.15) is 5.75 Å². The summed E-state index contributed by atoms with van der Waals surface area (Å²) in [7, 11) is 6.58. The highest BCUT2D eigenvalue weighted by atomic mass is 16.5. The normalized spacial score (nSPS) is 11.2. The molecule has 1 aromatic heterocycles. The maximum absolute atomic E-state index is 6.21. The fourth-order valence-corrected chi connectivity index (χ4v) is 5.96. The van der Waals surface area contributed by atoms with Gasteiger partial charge in [-0.2, -0.15) is 0 Å². The summed E-state index contributed by atoms with van der Waals surface area (Å²) in [5, 5.41) is 0. The lowest BCUT2D eigenvalue weighted by Gasteiger charge is -2.13. The average Bonchev–Trinajstić information content (AvgIpc) is 3.22. The first-order chi connectivity index (χ1) is 26.0. The van der Waals surface area contributed by atoms with E-state index in [0.29, 0.717) is 35.4 Å². The molecule has 1 heterocycles. The summed E-state index contributed by atoms with van der Waals surface area (Å²) in [6.45, 7) is 2.79. The molecule has 0 radical (unpaired) electrons. The van der Waals surface area contributed by atoms with Gasteiger partial charge >= 0.3 is 0 Å². The standard InChI is InChI=1S/C46H44N2O5/c1-6-7-30-53-41-15-9-8-14-38(41)46-47-39(34-24-18-32(19-25-34)22-28-36-12-10-16-42(49-2)44(36)51-4)31-40(48-46)35-26-20-33(21-27-35)23-29-37-13-11-17-43(50-3)45(37)52-5/h8-29,31H,6-7,30H2,1-5H3/b28-22+,29-23+. The number of nitrogens with zero attached hydrogens (tertiary/aromatic N) is 2. The van der Waals surface area contributed by atoms with Gasteiger partial charge in [0.25, 0.3) is 0 Å². The molecule has 0 aliphatic carbocycles. The number of aromatic nitrogens is 2. The van der Waals surface area contributed by atoms with E-state index in [9.17, 15) is 0 Å². The molecule has 0 bridgehead atoms. The molecule has 0 aliphatic heterocycles. The van der Waals surface area contributed by atoms with E-state index in [2.05, 4.69) is 67.6 Å². The lowest BCUT2D eigenvalue weighted by molar-refractivity contribution is 0.310. The number of benzene rings is 5. The molecular weight excluding hydrogens is 661 g/mol. The number of hydrogen-bond acceptors (Lipinski definition) is 7. The molecule has 6 rings (SSSR count). The lowest BCUT2D eigenvalue weighted by atomic mass is 10.0. The maximum Gasteiger partial charge on any atom is 0.167 e. The van der Waals surface area contributed by atoms with Crippen LogP contribution < -0.4 is 23.7 Å². The van der Waals surface area contributed by atoms with Gasteiger partial charge in [0.15, 0.2) is 28.8 Å². The molecule has 53 heavy (non-hydrogen) atoms. The SMILES string of the molecule is CCCCOc1ccccc1-c1nc(-c2ccc(/C=C/c3cccc(OC)c3OC)cc2)cc(-c2ccc(/C=C/c3cccc(OC)c3OC)cc2)n1. The molecule has 0 aliphatic rings. The van der Waals surface area contributed by atoms with E-state index in [0.717, 1.165) is 68.9 Å². The second kappa shape index (κ2) is 17.7. The Balaban J connectivity index is 1.34. The predicted molar refractivity (Wildman–Crippen MR) is 216 cm³/mol. The van der Waals surface area contributed by atoms with Gasteiger partial charge in [0, 0.05) is 22.3 Å². The van der Waals surface area contributed by atoms with Gasteiger partial charge in [-0.15, -0.1) is 0 Å². The van der Waals surface area contributed by atoms with E-state index in [1.807, 2.05) is 78.9 Å². The average molecular weight is 705 g/mol. The Labute approximate surface area is 312 Å². The Morgan fingerprint density at radius 1 is 0.509 bits per heavy atom. The Kier molecular flexibility index (Phi) is 12.2. The van der Waals surface area contributed by atoms with Crippen molar-refractivity contribution in [1.29, 1.82) is 0 Å². The van der Waals surface area contributed by atoms with Gasteiger partial charge in [-0.1, -0.05) is 123 Å². The smallest absolute Gasteiger partial charge is 0.167 e. The van der Waals surface area contributed by atoms with Crippen molar-refractivity contribution in [1.82, 2.24) is 9.97 Å². The number of methoxy groups -OCH3 is 4. The molecule has 7 nitrogen and oxygen atoms in total. The third kappa shape index (κ3) is 8.76. The quantitative estimate of drug-likeness (QED) is 0.0778. The molecule has 5 aromatic carbocycles. The highest BCUT2D eigenvalue weighted by Crippen LogP contribution is 2.35. The minimum Gasteiger partial charge on any atom is -0.493 e. The summed E-state index contributed by atoms with van der Waals surface area (Å²) < 4.78 is 28.4. The summed E-state index contributed by atoms with van der Waals surface area (Å²) in [6, 6.07) is 38.4. The zero-order chi connectivity index (χ0) is 37.0. The molecule has 0 fully saturated rings. The molecule has 0 spiro atoms. The van der Waals surface area contributed by atoms with Gasteiger partial charge in [-0.3, -0.25) is 0 Å². The number of unbranched alkanes of at least 4 members (excludes halogenated alkanes) is 1. The maximum atomic E-state index is 6.21. The number of ether oxygens (including phenoxy) is 5.